The quantitative estimate of drug-likeness (QED) is 0.229. The lowest BCUT2D eigenvalue weighted by Gasteiger charge is -2.26. The Balaban J connectivity index is 1.17. The maximum Gasteiger partial charge on any atom is 0.266 e. The molecule has 1 fully saturated rings. The number of anilines is 1. The number of nitrogens with zero attached hydrogens (tertiary/aromatic N) is 3. The molecule has 0 atom stereocenters. The van der Waals surface area contributed by atoms with Crippen molar-refractivity contribution in [2.24, 2.45) is 0 Å². The minimum Gasteiger partial charge on any atom is -0.494 e. The third kappa shape index (κ3) is 6.00. The van der Waals surface area contributed by atoms with Crippen LogP contribution in [0.3, 0.4) is 0 Å². The van der Waals surface area contributed by atoms with E-state index in [2.05, 4.69) is 15.2 Å². The number of likely N-dealkylation sites (tertiary alicyclic amines) is 1. The van der Waals surface area contributed by atoms with Crippen LogP contribution in [-0.2, 0) is 0 Å². The molecule has 0 unspecified atom stereocenters. The molecule has 0 bridgehead atoms. The maximum absolute atomic E-state index is 13.6. The number of piperidine rings is 1. The molecule has 208 valence electrons. The predicted molar refractivity (Wildman–Crippen MR) is 164 cm³/mol. The van der Waals surface area contributed by atoms with Crippen LogP contribution in [-0.4, -0.2) is 46.6 Å². The summed E-state index contributed by atoms with van der Waals surface area (Å²) in [6.07, 6.45) is 4.94. The van der Waals surface area contributed by atoms with Gasteiger partial charge in [-0.1, -0.05) is 36.8 Å². The second-order valence-electron chi connectivity index (χ2n) is 10.6. The van der Waals surface area contributed by atoms with Gasteiger partial charge in [0, 0.05) is 17.8 Å². The Morgan fingerprint density at radius 3 is 2.49 bits per heavy atom. The SMILES string of the molecule is Cc1nc2ccc(NC(=O)c3ccc4ccccc4c3)cc2c(=O)n1-c1ccc(OCCCN2CCCCC2)cc1. The molecule has 1 aliphatic rings. The van der Waals surface area contributed by atoms with Gasteiger partial charge in [-0.15, -0.1) is 0 Å². The summed E-state index contributed by atoms with van der Waals surface area (Å²) in [5.74, 6) is 1.14. The van der Waals surface area contributed by atoms with Gasteiger partial charge < -0.3 is 15.0 Å². The Kier molecular flexibility index (Phi) is 7.78. The van der Waals surface area contributed by atoms with E-state index in [9.17, 15) is 9.59 Å². The number of hydrogen-bond donors (Lipinski definition) is 1. The van der Waals surface area contributed by atoms with Crippen molar-refractivity contribution in [1.82, 2.24) is 14.5 Å². The number of aryl methyl sites for hydroxylation is 1. The Hall–Kier alpha value is -4.49. The fourth-order valence-electron chi connectivity index (χ4n) is 5.56. The van der Waals surface area contributed by atoms with Gasteiger partial charge in [0.1, 0.15) is 11.6 Å². The van der Waals surface area contributed by atoms with Crippen LogP contribution in [0.25, 0.3) is 27.4 Å². The summed E-state index contributed by atoms with van der Waals surface area (Å²) in [4.78, 5) is 33.8. The van der Waals surface area contributed by atoms with Gasteiger partial charge in [0.25, 0.3) is 11.5 Å². The maximum atomic E-state index is 13.6. The second kappa shape index (κ2) is 11.9. The van der Waals surface area contributed by atoms with Crippen molar-refractivity contribution in [2.45, 2.75) is 32.6 Å². The molecule has 1 amide bonds. The standard InChI is InChI=1S/C34H34N4O3/c1-24-35-32-17-12-28(36-33(39)27-11-10-25-8-3-4-9-26(25)22-27)23-31(32)34(40)38(24)29-13-15-30(16-14-29)41-21-7-20-37-18-5-2-6-19-37/h3-4,8-17,22-23H,2,5-7,18-21H2,1H3,(H,36,39). The van der Waals surface area contributed by atoms with Crippen molar-refractivity contribution >= 4 is 33.3 Å². The minimum atomic E-state index is -0.234. The predicted octanol–water partition coefficient (Wildman–Crippen LogP) is 6.35. The lowest BCUT2D eigenvalue weighted by molar-refractivity contribution is 0.102. The molecule has 0 radical (unpaired) electrons. The largest absolute Gasteiger partial charge is 0.494 e. The number of hydrogen-bond acceptors (Lipinski definition) is 5. The first-order valence-corrected chi connectivity index (χ1v) is 14.3. The van der Waals surface area contributed by atoms with Gasteiger partial charge in [0.05, 0.1) is 23.2 Å². The zero-order valence-electron chi connectivity index (χ0n) is 23.3. The van der Waals surface area contributed by atoms with E-state index in [4.69, 9.17) is 4.74 Å². The van der Waals surface area contributed by atoms with Gasteiger partial charge in [0.15, 0.2) is 0 Å². The molecule has 5 aromatic rings. The van der Waals surface area contributed by atoms with Crippen molar-refractivity contribution < 1.29 is 9.53 Å². The van der Waals surface area contributed by atoms with Gasteiger partial charge in [-0.3, -0.25) is 14.2 Å². The second-order valence-corrected chi connectivity index (χ2v) is 10.6. The number of carbonyl (C=O) groups is 1. The molecule has 4 aromatic carbocycles. The van der Waals surface area contributed by atoms with E-state index in [0.29, 0.717) is 40.3 Å². The first-order chi connectivity index (χ1) is 20.0. The van der Waals surface area contributed by atoms with Gasteiger partial charge in [-0.2, -0.15) is 0 Å². The van der Waals surface area contributed by atoms with Crippen LogP contribution in [0.15, 0.2) is 89.7 Å². The molecular formula is C34H34N4O3. The zero-order valence-corrected chi connectivity index (χ0v) is 23.3. The summed E-state index contributed by atoms with van der Waals surface area (Å²) in [5.41, 5.74) is 2.20. The normalized spacial score (nSPS) is 13.9. The van der Waals surface area contributed by atoms with E-state index < -0.39 is 0 Å². The van der Waals surface area contributed by atoms with Crippen LogP contribution in [0.4, 0.5) is 5.69 Å². The smallest absolute Gasteiger partial charge is 0.266 e. The number of ether oxygens (including phenoxy) is 1. The first kappa shape index (κ1) is 26.7. The van der Waals surface area contributed by atoms with Crippen molar-refractivity contribution in [1.29, 1.82) is 0 Å². The van der Waals surface area contributed by atoms with Crippen molar-refractivity contribution in [3.05, 3.63) is 107 Å². The fourth-order valence-corrected chi connectivity index (χ4v) is 5.56. The van der Waals surface area contributed by atoms with Crippen LogP contribution in [0.5, 0.6) is 5.75 Å². The van der Waals surface area contributed by atoms with E-state index in [1.54, 1.807) is 28.8 Å². The highest BCUT2D eigenvalue weighted by Crippen LogP contribution is 2.21. The molecule has 41 heavy (non-hydrogen) atoms. The average molecular weight is 547 g/mol. The molecule has 1 saturated heterocycles. The lowest BCUT2D eigenvalue weighted by Crippen LogP contribution is -2.31. The molecule has 0 aliphatic carbocycles. The van der Waals surface area contributed by atoms with E-state index >= 15 is 0 Å². The first-order valence-electron chi connectivity index (χ1n) is 14.3. The third-order valence-corrected chi connectivity index (χ3v) is 7.74. The Bertz CT molecular complexity index is 1750. The lowest BCUT2D eigenvalue weighted by atomic mass is 10.1. The van der Waals surface area contributed by atoms with Crippen molar-refractivity contribution in [3.8, 4) is 11.4 Å². The summed E-state index contributed by atoms with van der Waals surface area (Å²) in [7, 11) is 0. The van der Waals surface area contributed by atoms with Gasteiger partial charge in [-0.25, -0.2) is 4.98 Å². The molecule has 1 aliphatic heterocycles. The molecule has 1 aromatic heterocycles. The van der Waals surface area contributed by atoms with Crippen LogP contribution < -0.4 is 15.6 Å². The monoisotopic (exact) mass is 546 g/mol. The molecule has 0 saturated carbocycles. The fraction of sp³-hybridized carbons (Fsp3) is 0.265. The van der Waals surface area contributed by atoms with Crippen molar-refractivity contribution in [3.63, 3.8) is 0 Å². The van der Waals surface area contributed by atoms with Crippen molar-refractivity contribution in [2.75, 3.05) is 31.6 Å². The highest BCUT2D eigenvalue weighted by atomic mass is 16.5. The average Bonchev–Trinajstić information content (AvgIpc) is 3.00. The summed E-state index contributed by atoms with van der Waals surface area (Å²) in [6, 6.07) is 26.3. The van der Waals surface area contributed by atoms with Crippen LogP contribution >= 0.6 is 0 Å². The molecule has 1 N–H and O–H groups in total. The summed E-state index contributed by atoms with van der Waals surface area (Å²) in [6.45, 7) is 5.95. The van der Waals surface area contributed by atoms with Crippen LogP contribution in [0.1, 0.15) is 41.9 Å². The number of fused-ring (bicyclic) bond motifs is 2. The summed E-state index contributed by atoms with van der Waals surface area (Å²) in [5, 5.41) is 5.44. The Morgan fingerprint density at radius 2 is 1.68 bits per heavy atom. The molecule has 2 heterocycles. The summed E-state index contributed by atoms with van der Waals surface area (Å²) >= 11 is 0. The van der Waals surface area contributed by atoms with Gasteiger partial charge in [-0.05, 0) is 105 Å². The molecule has 7 nitrogen and oxygen atoms in total. The van der Waals surface area contributed by atoms with Gasteiger partial charge >= 0.3 is 0 Å². The van der Waals surface area contributed by atoms with E-state index in [1.165, 1.54) is 32.4 Å². The number of carbonyl (C=O) groups excluding carboxylic acids is 1. The Morgan fingerprint density at radius 1 is 0.902 bits per heavy atom. The topological polar surface area (TPSA) is 76.5 Å². The van der Waals surface area contributed by atoms with E-state index in [-0.39, 0.29) is 11.5 Å². The highest BCUT2D eigenvalue weighted by Gasteiger charge is 2.13. The van der Waals surface area contributed by atoms with E-state index in [0.717, 1.165) is 29.5 Å². The molecule has 7 heteroatoms. The molecule has 0 spiro atoms. The zero-order chi connectivity index (χ0) is 28.2. The Labute approximate surface area is 239 Å². The number of aromatic nitrogens is 2. The molecule has 6 rings (SSSR count). The molecular weight excluding hydrogens is 512 g/mol. The number of amides is 1. The minimum absolute atomic E-state index is 0.190. The van der Waals surface area contributed by atoms with Crippen LogP contribution in [0, 0.1) is 6.92 Å². The number of rotatable bonds is 8. The highest BCUT2D eigenvalue weighted by molar-refractivity contribution is 6.07. The number of nitrogens with one attached hydrogen (secondary N) is 1. The van der Waals surface area contributed by atoms with Crippen LogP contribution in [0.2, 0.25) is 0 Å². The number of benzene rings is 4. The summed E-state index contributed by atoms with van der Waals surface area (Å²) < 4.78 is 7.56. The van der Waals surface area contributed by atoms with Gasteiger partial charge in [0.2, 0.25) is 0 Å². The van der Waals surface area contributed by atoms with E-state index in [1.807, 2.05) is 67.6 Å². The third-order valence-electron chi connectivity index (χ3n) is 7.74.